The minimum absolute atomic E-state index is 0.182. The SMILES string of the molecule is O=C(Nc1ccc(C(F)(F)F)cc1)c1ccn2c1C(=O)NCC2. The molecular formula is C15H12F3N3O2. The van der Waals surface area contributed by atoms with Crippen molar-refractivity contribution in [2.75, 3.05) is 11.9 Å². The molecule has 0 atom stereocenters. The third-order valence-electron chi connectivity index (χ3n) is 3.53. The summed E-state index contributed by atoms with van der Waals surface area (Å²) in [6, 6.07) is 5.63. The van der Waals surface area contributed by atoms with Crippen LogP contribution in [-0.2, 0) is 12.7 Å². The van der Waals surface area contributed by atoms with Crippen molar-refractivity contribution in [1.29, 1.82) is 0 Å². The van der Waals surface area contributed by atoms with Crippen LogP contribution in [0.3, 0.4) is 0 Å². The Hall–Kier alpha value is -2.77. The molecular weight excluding hydrogens is 311 g/mol. The molecule has 0 unspecified atom stereocenters. The van der Waals surface area contributed by atoms with Crippen LogP contribution in [0.5, 0.6) is 0 Å². The van der Waals surface area contributed by atoms with Gasteiger partial charge < -0.3 is 15.2 Å². The Morgan fingerprint density at radius 2 is 1.87 bits per heavy atom. The van der Waals surface area contributed by atoms with Crippen LogP contribution in [0.4, 0.5) is 18.9 Å². The zero-order valence-corrected chi connectivity index (χ0v) is 11.8. The van der Waals surface area contributed by atoms with E-state index in [4.69, 9.17) is 0 Å². The molecule has 1 aliphatic rings. The second-order valence-corrected chi connectivity index (χ2v) is 5.06. The molecule has 0 bridgehead atoms. The largest absolute Gasteiger partial charge is 0.416 e. The molecule has 3 rings (SSSR count). The van der Waals surface area contributed by atoms with Gasteiger partial charge in [0.1, 0.15) is 5.69 Å². The number of hydrogen-bond acceptors (Lipinski definition) is 2. The third-order valence-corrected chi connectivity index (χ3v) is 3.53. The van der Waals surface area contributed by atoms with E-state index in [0.29, 0.717) is 13.1 Å². The molecule has 2 aromatic rings. The maximum Gasteiger partial charge on any atom is 0.416 e. The highest BCUT2D eigenvalue weighted by Crippen LogP contribution is 2.30. The van der Waals surface area contributed by atoms with Gasteiger partial charge in [0.2, 0.25) is 0 Å². The highest BCUT2D eigenvalue weighted by atomic mass is 19.4. The van der Waals surface area contributed by atoms with Crippen LogP contribution < -0.4 is 10.6 Å². The van der Waals surface area contributed by atoms with Gasteiger partial charge in [-0.2, -0.15) is 13.2 Å². The molecule has 2 N–H and O–H groups in total. The number of aromatic nitrogens is 1. The van der Waals surface area contributed by atoms with Crippen LogP contribution in [0.15, 0.2) is 36.5 Å². The minimum atomic E-state index is -4.43. The number of halogens is 3. The maximum absolute atomic E-state index is 12.5. The van der Waals surface area contributed by atoms with Gasteiger partial charge >= 0.3 is 6.18 Å². The highest BCUT2D eigenvalue weighted by molar-refractivity contribution is 6.11. The van der Waals surface area contributed by atoms with Crippen molar-refractivity contribution in [1.82, 2.24) is 9.88 Å². The normalized spacial score (nSPS) is 14.1. The second-order valence-electron chi connectivity index (χ2n) is 5.06. The summed E-state index contributed by atoms with van der Waals surface area (Å²) in [7, 11) is 0. The Kier molecular flexibility index (Phi) is 3.59. The fourth-order valence-electron chi connectivity index (χ4n) is 2.41. The Balaban J connectivity index is 1.80. The lowest BCUT2D eigenvalue weighted by Crippen LogP contribution is -2.36. The Bertz CT molecular complexity index is 763. The van der Waals surface area contributed by atoms with Gasteiger partial charge in [-0.15, -0.1) is 0 Å². The van der Waals surface area contributed by atoms with Crippen LogP contribution in [-0.4, -0.2) is 22.9 Å². The van der Waals surface area contributed by atoms with E-state index in [1.807, 2.05) is 0 Å². The van der Waals surface area contributed by atoms with Gasteiger partial charge in [0, 0.05) is 25.0 Å². The monoisotopic (exact) mass is 323 g/mol. The molecule has 0 aliphatic carbocycles. The molecule has 0 spiro atoms. The van der Waals surface area contributed by atoms with Crippen molar-refractivity contribution in [3.63, 3.8) is 0 Å². The maximum atomic E-state index is 12.5. The zero-order valence-electron chi connectivity index (χ0n) is 11.8. The van der Waals surface area contributed by atoms with Crippen LogP contribution in [0, 0.1) is 0 Å². The van der Waals surface area contributed by atoms with E-state index in [1.165, 1.54) is 18.2 Å². The van der Waals surface area contributed by atoms with Crippen molar-refractivity contribution < 1.29 is 22.8 Å². The number of alkyl halides is 3. The topological polar surface area (TPSA) is 63.1 Å². The average molecular weight is 323 g/mol. The van der Waals surface area contributed by atoms with Crippen molar-refractivity contribution in [3.8, 4) is 0 Å². The number of nitrogens with zero attached hydrogens (tertiary/aromatic N) is 1. The van der Waals surface area contributed by atoms with E-state index in [-0.39, 0.29) is 22.9 Å². The van der Waals surface area contributed by atoms with Gasteiger partial charge in [-0.1, -0.05) is 0 Å². The van der Waals surface area contributed by atoms with Gasteiger partial charge in [0.25, 0.3) is 11.8 Å². The van der Waals surface area contributed by atoms with Gasteiger partial charge in [0.15, 0.2) is 0 Å². The number of carbonyl (C=O) groups excluding carboxylic acids is 2. The van der Waals surface area contributed by atoms with Gasteiger partial charge in [-0.05, 0) is 30.3 Å². The lowest BCUT2D eigenvalue weighted by Gasteiger charge is -2.17. The predicted octanol–water partition coefficient (Wildman–Crippen LogP) is 2.50. The number of anilines is 1. The molecule has 1 aliphatic heterocycles. The van der Waals surface area contributed by atoms with Crippen molar-refractivity contribution in [2.45, 2.75) is 12.7 Å². The van der Waals surface area contributed by atoms with Crippen molar-refractivity contribution in [3.05, 3.63) is 53.3 Å². The summed E-state index contributed by atoms with van der Waals surface area (Å²) in [5, 5.41) is 5.14. The predicted molar refractivity (Wildman–Crippen MR) is 76.2 cm³/mol. The van der Waals surface area contributed by atoms with Crippen molar-refractivity contribution >= 4 is 17.5 Å². The molecule has 0 fully saturated rings. The van der Waals surface area contributed by atoms with E-state index in [9.17, 15) is 22.8 Å². The number of amides is 2. The lowest BCUT2D eigenvalue weighted by molar-refractivity contribution is -0.137. The Labute approximate surface area is 129 Å². The summed E-state index contributed by atoms with van der Waals surface area (Å²) < 4.78 is 39.2. The first kappa shape index (κ1) is 15.1. The van der Waals surface area contributed by atoms with Gasteiger partial charge in [-0.3, -0.25) is 9.59 Å². The average Bonchev–Trinajstić information content (AvgIpc) is 2.92. The van der Waals surface area contributed by atoms with Crippen LogP contribution in [0.25, 0.3) is 0 Å². The number of rotatable bonds is 2. The first-order chi connectivity index (χ1) is 10.9. The molecule has 1 aromatic carbocycles. The van der Waals surface area contributed by atoms with E-state index in [2.05, 4.69) is 10.6 Å². The van der Waals surface area contributed by atoms with E-state index in [1.54, 1.807) is 10.8 Å². The van der Waals surface area contributed by atoms with E-state index in [0.717, 1.165) is 12.1 Å². The standard InChI is InChI=1S/C15H12F3N3O2/c16-15(17,18)9-1-3-10(4-2-9)20-13(22)11-5-7-21-8-6-19-14(23)12(11)21/h1-5,7H,6,8H2,(H,19,23)(H,20,22). The number of nitrogens with one attached hydrogen (secondary N) is 2. The van der Waals surface area contributed by atoms with Crippen LogP contribution >= 0.6 is 0 Å². The van der Waals surface area contributed by atoms with Gasteiger partial charge in [0.05, 0.1) is 11.1 Å². The first-order valence-electron chi connectivity index (χ1n) is 6.82. The second kappa shape index (κ2) is 5.45. The summed E-state index contributed by atoms with van der Waals surface area (Å²) in [5.74, 6) is -0.894. The number of hydrogen-bond donors (Lipinski definition) is 2. The quantitative estimate of drug-likeness (QED) is 0.892. The van der Waals surface area contributed by atoms with Gasteiger partial charge in [-0.25, -0.2) is 0 Å². The molecule has 2 amide bonds. The Morgan fingerprint density at radius 1 is 1.17 bits per heavy atom. The molecule has 0 saturated heterocycles. The molecule has 120 valence electrons. The molecule has 1 aromatic heterocycles. The van der Waals surface area contributed by atoms with Crippen molar-refractivity contribution in [2.24, 2.45) is 0 Å². The molecule has 5 nitrogen and oxygen atoms in total. The highest BCUT2D eigenvalue weighted by Gasteiger charge is 2.30. The fraction of sp³-hybridized carbons (Fsp3) is 0.200. The van der Waals surface area contributed by atoms with E-state index < -0.39 is 17.6 Å². The molecule has 2 heterocycles. The summed E-state index contributed by atoms with van der Waals surface area (Å²) in [6.45, 7) is 1.05. The molecule has 8 heteroatoms. The summed E-state index contributed by atoms with van der Waals surface area (Å²) in [6.07, 6.45) is -2.79. The van der Waals surface area contributed by atoms with E-state index >= 15 is 0 Å². The molecule has 0 saturated carbocycles. The lowest BCUT2D eigenvalue weighted by atomic mass is 10.1. The smallest absolute Gasteiger partial charge is 0.349 e. The zero-order chi connectivity index (χ0) is 16.6. The fourth-order valence-corrected chi connectivity index (χ4v) is 2.41. The summed E-state index contributed by atoms with van der Waals surface area (Å²) >= 11 is 0. The number of carbonyl (C=O) groups is 2. The number of fused-ring (bicyclic) bond motifs is 1. The molecule has 0 radical (unpaired) electrons. The minimum Gasteiger partial charge on any atom is -0.349 e. The molecule has 23 heavy (non-hydrogen) atoms. The van der Waals surface area contributed by atoms with Crippen LogP contribution in [0.2, 0.25) is 0 Å². The summed E-state index contributed by atoms with van der Waals surface area (Å²) in [5.41, 5.74) is -0.141. The summed E-state index contributed by atoms with van der Waals surface area (Å²) in [4.78, 5) is 24.1. The Morgan fingerprint density at radius 3 is 2.52 bits per heavy atom. The number of benzene rings is 1. The van der Waals surface area contributed by atoms with Crippen LogP contribution in [0.1, 0.15) is 26.4 Å². The first-order valence-corrected chi connectivity index (χ1v) is 6.82. The third kappa shape index (κ3) is 2.92.